The number of aliphatic hydroxyl groups excluding tert-OH is 1. The van der Waals surface area contributed by atoms with Gasteiger partial charge in [-0.2, -0.15) is 13.2 Å². The third kappa shape index (κ3) is 5.00. The molecule has 3 aromatic rings. The lowest BCUT2D eigenvalue weighted by atomic mass is 9.72. The highest BCUT2D eigenvalue weighted by molar-refractivity contribution is 5.91. The second-order valence-electron chi connectivity index (χ2n) is 13.1. The highest BCUT2D eigenvalue weighted by atomic mass is 19.4. The van der Waals surface area contributed by atoms with E-state index >= 15 is 0 Å². The fourth-order valence-corrected chi connectivity index (χ4v) is 8.29. The molecule has 3 aromatic carbocycles. The Balaban J connectivity index is 1.29. The van der Waals surface area contributed by atoms with Crippen LogP contribution in [-0.2, 0) is 23.8 Å². The second kappa shape index (κ2) is 11.7. The summed E-state index contributed by atoms with van der Waals surface area (Å²) in [6.07, 6.45) is -1.87. The molecule has 9 nitrogen and oxygen atoms in total. The Morgan fingerprint density at radius 1 is 1.08 bits per heavy atom. The zero-order chi connectivity index (χ0) is 34.2. The van der Waals surface area contributed by atoms with Crippen LogP contribution < -0.4 is 19.5 Å². The zero-order valence-electron chi connectivity index (χ0n) is 27.3. The number of carbonyl (C=O) groups is 1. The number of hydrogen-bond acceptors (Lipinski definition) is 8. The number of ether oxygens (including phenoxy) is 3. The molecule has 0 unspecified atom stereocenters. The molecule has 0 spiro atoms. The third-order valence-corrected chi connectivity index (χ3v) is 10.6. The molecule has 1 saturated heterocycles. The Morgan fingerprint density at radius 3 is 2.56 bits per heavy atom. The van der Waals surface area contributed by atoms with Crippen LogP contribution in [0.4, 0.5) is 13.2 Å². The Kier molecular flexibility index (Phi) is 7.88. The van der Waals surface area contributed by atoms with E-state index in [4.69, 9.17) is 14.2 Å². The number of halogens is 3. The molecule has 12 heteroatoms. The number of fused-ring (bicyclic) bond motifs is 9. The van der Waals surface area contributed by atoms with Gasteiger partial charge in [-0.1, -0.05) is 18.2 Å². The highest BCUT2D eigenvalue weighted by Gasteiger charge is 2.56. The van der Waals surface area contributed by atoms with Gasteiger partial charge >= 0.3 is 6.18 Å². The van der Waals surface area contributed by atoms with Crippen LogP contribution in [0, 0.1) is 20.8 Å². The van der Waals surface area contributed by atoms with Crippen LogP contribution >= 0.6 is 0 Å². The monoisotopic (exact) mass is 665 g/mol. The molecule has 3 N–H and O–H groups in total. The smallest absolute Gasteiger partial charge is 0.416 e. The molecule has 4 aliphatic heterocycles. The number of carbonyl (C=O) groups excluding carboxylic acids is 1. The number of nitrogens with one attached hydrogen (secondary N) is 1. The second-order valence-corrected chi connectivity index (χ2v) is 13.1. The lowest BCUT2D eigenvalue weighted by Gasteiger charge is -2.60. The van der Waals surface area contributed by atoms with Gasteiger partial charge in [0.1, 0.15) is 6.23 Å². The van der Waals surface area contributed by atoms with Crippen molar-refractivity contribution in [2.75, 3.05) is 27.5 Å². The number of aliphatic hydroxyl groups is 1. The average Bonchev–Trinajstić information content (AvgIpc) is 3.54. The summed E-state index contributed by atoms with van der Waals surface area (Å²) < 4.78 is 57.2. The lowest BCUT2D eigenvalue weighted by Crippen LogP contribution is -2.69. The summed E-state index contributed by atoms with van der Waals surface area (Å²) in [4.78, 5) is 17.4. The summed E-state index contributed by atoms with van der Waals surface area (Å²) in [5.41, 5.74) is 5.82. The van der Waals surface area contributed by atoms with Gasteiger partial charge in [-0.05, 0) is 92.2 Å². The van der Waals surface area contributed by atoms with Gasteiger partial charge in [0.25, 0.3) is 0 Å². The molecule has 4 heterocycles. The summed E-state index contributed by atoms with van der Waals surface area (Å²) in [6.45, 7) is 6.03. The van der Waals surface area contributed by atoms with Crippen molar-refractivity contribution in [2.24, 2.45) is 0 Å². The Morgan fingerprint density at radius 2 is 1.83 bits per heavy atom. The predicted molar refractivity (Wildman–Crippen MR) is 171 cm³/mol. The van der Waals surface area contributed by atoms with Crippen LogP contribution in [0.15, 0.2) is 36.4 Å². The molecule has 0 aliphatic carbocycles. The summed E-state index contributed by atoms with van der Waals surface area (Å²) in [5.74, 6) is 1.23. The van der Waals surface area contributed by atoms with Crippen LogP contribution in [0.1, 0.15) is 62.2 Å². The maximum absolute atomic E-state index is 13.2. The summed E-state index contributed by atoms with van der Waals surface area (Å²) in [5, 5.41) is 26.7. The number of piperazine rings is 1. The number of aryl methyl sites for hydroxylation is 1. The Labute approximate surface area is 276 Å². The van der Waals surface area contributed by atoms with Gasteiger partial charge in [-0.15, -0.1) is 0 Å². The van der Waals surface area contributed by atoms with Crippen LogP contribution in [0.3, 0.4) is 0 Å². The van der Waals surface area contributed by atoms with Crippen LogP contribution in [0.5, 0.6) is 23.0 Å². The molecule has 254 valence electrons. The number of rotatable bonds is 5. The molecular weight excluding hydrogens is 627 g/mol. The molecule has 0 aromatic heterocycles. The van der Waals surface area contributed by atoms with Gasteiger partial charge in [-0.3, -0.25) is 14.6 Å². The zero-order valence-corrected chi connectivity index (χ0v) is 27.3. The van der Waals surface area contributed by atoms with Gasteiger partial charge in [-0.25, -0.2) is 0 Å². The van der Waals surface area contributed by atoms with Crippen LogP contribution in [0.2, 0.25) is 0 Å². The van der Waals surface area contributed by atoms with Gasteiger partial charge in [0.15, 0.2) is 23.0 Å². The van der Waals surface area contributed by atoms with Crippen molar-refractivity contribution < 1.29 is 42.4 Å². The van der Waals surface area contributed by atoms with Gasteiger partial charge in [0, 0.05) is 29.8 Å². The van der Waals surface area contributed by atoms with Crippen molar-refractivity contribution in [1.29, 1.82) is 0 Å². The topological polar surface area (TPSA) is 104 Å². The van der Waals surface area contributed by atoms with E-state index in [1.165, 1.54) is 31.4 Å². The number of phenolic OH excluding ortho intramolecular Hbond substituents is 1. The molecule has 1 fully saturated rings. The number of likely N-dealkylation sites (N-methyl/N-ethyl adjacent to an activating group) is 1. The number of hydrogen-bond donors (Lipinski definition) is 3. The molecule has 1 amide bonds. The SMILES string of the molecule is COc1c(C)cc2c(c1O)[C@@H]1[C@@H]3Cc4c(C)c(C)c5c(c4[C@H](CNC(=O)/C=C/c4cccc(C(F)(F)F)c4)N3[C@@H](O)[C@H](C2)N1C)OCO5. The van der Waals surface area contributed by atoms with E-state index in [1.807, 2.05) is 38.8 Å². The first-order valence-electron chi connectivity index (χ1n) is 15.9. The summed E-state index contributed by atoms with van der Waals surface area (Å²) in [6, 6.07) is 5.30. The molecule has 0 radical (unpaired) electrons. The molecule has 48 heavy (non-hydrogen) atoms. The van der Waals surface area contributed by atoms with E-state index in [0.29, 0.717) is 30.1 Å². The van der Waals surface area contributed by atoms with Crippen LogP contribution in [0.25, 0.3) is 6.08 Å². The highest BCUT2D eigenvalue weighted by Crippen LogP contribution is 2.56. The molecular formula is C36H38F3N3O6. The van der Waals surface area contributed by atoms with Gasteiger partial charge in [0.05, 0.1) is 30.8 Å². The lowest BCUT2D eigenvalue weighted by molar-refractivity contribution is -0.172. The first kappa shape index (κ1) is 32.3. The van der Waals surface area contributed by atoms with E-state index < -0.39 is 29.9 Å². The Hall–Kier alpha value is -4.26. The van der Waals surface area contributed by atoms with E-state index in [1.54, 1.807) is 0 Å². The van der Waals surface area contributed by atoms with Crippen LogP contribution in [-0.4, -0.2) is 71.7 Å². The van der Waals surface area contributed by atoms with Crippen molar-refractivity contribution in [3.63, 3.8) is 0 Å². The number of nitrogens with zero attached hydrogens (tertiary/aromatic N) is 2. The van der Waals surface area contributed by atoms with Crippen molar-refractivity contribution in [1.82, 2.24) is 15.1 Å². The largest absolute Gasteiger partial charge is 0.504 e. The predicted octanol–water partition coefficient (Wildman–Crippen LogP) is 5.10. The summed E-state index contributed by atoms with van der Waals surface area (Å²) >= 11 is 0. The fourth-order valence-electron chi connectivity index (χ4n) is 8.29. The first-order valence-corrected chi connectivity index (χ1v) is 15.9. The molecule has 7 rings (SSSR count). The number of amides is 1. The van der Waals surface area contributed by atoms with Crippen molar-refractivity contribution in [3.8, 4) is 23.0 Å². The minimum atomic E-state index is -4.50. The minimum Gasteiger partial charge on any atom is -0.504 e. The molecule has 5 atom stereocenters. The third-order valence-electron chi connectivity index (χ3n) is 10.6. The average molecular weight is 666 g/mol. The fraction of sp³-hybridized carbons (Fsp3) is 0.417. The van der Waals surface area contributed by atoms with Crippen molar-refractivity contribution >= 4 is 12.0 Å². The maximum Gasteiger partial charge on any atom is 0.416 e. The van der Waals surface area contributed by atoms with E-state index in [9.17, 15) is 28.2 Å². The number of methoxy groups -OCH3 is 1. The molecule has 4 aliphatic rings. The Bertz CT molecular complexity index is 1840. The summed E-state index contributed by atoms with van der Waals surface area (Å²) in [7, 11) is 3.50. The number of benzene rings is 3. The van der Waals surface area contributed by atoms with Crippen molar-refractivity contribution in [3.05, 3.63) is 86.5 Å². The van der Waals surface area contributed by atoms with E-state index in [-0.39, 0.29) is 42.8 Å². The van der Waals surface area contributed by atoms with Gasteiger partial charge < -0.3 is 29.7 Å². The number of aromatic hydroxyl groups is 1. The minimum absolute atomic E-state index is 0.0469. The quantitative estimate of drug-likeness (QED) is 0.324. The van der Waals surface area contributed by atoms with Crippen molar-refractivity contribution in [2.45, 2.75) is 70.2 Å². The van der Waals surface area contributed by atoms with E-state index in [2.05, 4.69) is 10.2 Å². The number of phenols is 1. The molecule has 2 bridgehead atoms. The standard InChI is InChI=1S/C36H38F3N3O6/c1-17-11-21-13-25-35(45)42-24(30(41(25)4)28(21)31(44)32(17)46-5)14-23-18(2)19(3)33-34(48-16-47-33)29(23)26(42)15-40-27(43)10-9-20-7-6-8-22(12-20)36(37,38)39/h6-12,24-26,30,35,44-45H,13-16H2,1-5H3,(H,40,43)/b10-9+/t24-,25-,26-,30-,35-/m0/s1. The van der Waals surface area contributed by atoms with Gasteiger partial charge in [0.2, 0.25) is 12.7 Å². The maximum atomic E-state index is 13.2. The normalized spacial score (nSPS) is 24.6. The first-order chi connectivity index (χ1) is 22.8. The van der Waals surface area contributed by atoms with E-state index in [0.717, 1.165) is 51.1 Å². The number of alkyl halides is 3. The molecule has 0 saturated carbocycles.